The lowest BCUT2D eigenvalue weighted by Gasteiger charge is -2.55. The fraction of sp³-hybridized carbons (Fsp3) is 0.440. The van der Waals surface area contributed by atoms with Crippen LogP contribution in [0, 0.1) is 15.5 Å². The maximum atomic E-state index is 13.1. The summed E-state index contributed by atoms with van der Waals surface area (Å²) in [5.41, 5.74) is 3.70. The molecule has 1 atom stereocenters. The van der Waals surface area contributed by atoms with Gasteiger partial charge in [-0.3, -0.25) is 19.7 Å². The van der Waals surface area contributed by atoms with Gasteiger partial charge in [-0.05, 0) is 52.9 Å². The second-order valence-electron chi connectivity index (χ2n) is 10.2. The minimum absolute atomic E-state index is 0.144. The Hall–Kier alpha value is -4.02. The van der Waals surface area contributed by atoms with Gasteiger partial charge in [0.15, 0.2) is 6.20 Å². The van der Waals surface area contributed by atoms with Crippen molar-refractivity contribution in [1.82, 2.24) is 15.2 Å². The van der Waals surface area contributed by atoms with E-state index >= 15 is 0 Å². The molecule has 3 amide bonds. The Morgan fingerprint density at radius 2 is 1.78 bits per heavy atom. The Kier molecular flexibility index (Phi) is 5.16. The molecule has 186 valence electrons. The quantitative estimate of drug-likeness (QED) is 0.391. The average molecular weight is 491 g/mol. The zero-order valence-corrected chi connectivity index (χ0v) is 19.7. The molecule has 1 aromatic carbocycles. The van der Waals surface area contributed by atoms with Crippen LogP contribution in [0.25, 0.3) is 0 Å². The summed E-state index contributed by atoms with van der Waals surface area (Å²) in [6, 6.07) is 8.56. The monoisotopic (exact) mass is 490 g/mol. The molecular formula is C25H26N6O5. The fourth-order valence-corrected chi connectivity index (χ4v) is 5.91. The van der Waals surface area contributed by atoms with Crippen LogP contribution in [0.1, 0.15) is 41.6 Å². The van der Waals surface area contributed by atoms with Crippen molar-refractivity contribution in [3.63, 3.8) is 0 Å². The summed E-state index contributed by atoms with van der Waals surface area (Å²) in [7, 11) is 0. The Morgan fingerprint density at radius 1 is 1.03 bits per heavy atom. The van der Waals surface area contributed by atoms with Gasteiger partial charge in [-0.2, -0.15) is 0 Å². The third-order valence-electron chi connectivity index (χ3n) is 8.04. The number of aromatic nitrogens is 1. The minimum atomic E-state index is -0.602. The number of pyridine rings is 1. The fourth-order valence-electron chi connectivity index (χ4n) is 5.91. The molecule has 3 saturated heterocycles. The first kappa shape index (κ1) is 22.4. The molecule has 1 aromatic heterocycles. The molecule has 11 nitrogen and oxygen atoms in total. The number of carbonyl (C=O) groups is 3. The van der Waals surface area contributed by atoms with Gasteiger partial charge in [0.25, 0.3) is 5.91 Å². The smallest absolute Gasteiger partial charge is 0.363 e. The van der Waals surface area contributed by atoms with Crippen molar-refractivity contribution in [2.75, 3.05) is 36.0 Å². The topological polar surface area (TPSA) is 129 Å². The summed E-state index contributed by atoms with van der Waals surface area (Å²) in [4.78, 5) is 57.3. The van der Waals surface area contributed by atoms with Gasteiger partial charge >= 0.3 is 5.82 Å². The number of piperidine rings is 2. The van der Waals surface area contributed by atoms with E-state index in [0.717, 1.165) is 56.0 Å². The van der Waals surface area contributed by atoms with Gasteiger partial charge in [0.1, 0.15) is 6.04 Å². The number of imide groups is 1. The van der Waals surface area contributed by atoms with Crippen molar-refractivity contribution in [1.29, 1.82) is 0 Å². The van der Waals surface area contributed by atoms with Gasteiger partial charge in [0.05, 0.1) is 5.69 Å². The van der Waals surface area contributed by atoms with E-state index in [0.29, 0.717) is 18.5 Å². The van der Waals surface area contributed by atoms with Gasteiger partial charge in [0.2, 0.25) is 11.8 Å². The highest BCUT2D eigenvalue weighted by atomic mass is 16.6. The molecule has 5 heterocycles. The van der Waals surface area contributed by atoms with Crippen LogP contribution in [0.5, 0.6) is 0 Å². The highest BCUT2D eigenvalue weighted by Gasteiger charge is 2.46. The number of nitrogens with zero attached hydrogens (tertiary/aromatic N) is 5. The second kappa shape index (κ2) is 8.28. The Balaban J connectivity index is 1.07. The summed E-state index contributed by atoms with van der Waals surface area (Å²) in [6.45, 7) is 3.97. The van der Waals surface area contributed by atoms with Gasteiger partial charge < -0.3 is 24.8 Å². The van der Waals surface area contributed by atoms with Crippen molar-refractivity contribution >= 4 is 34.9 Å². The summed E-state index contributed by atoms with van der Waals surface area (Å²) < 4.78 is 0. The van der Waals surface area contributed by atoms with Crippen LogP contribution in [-0.2, 0) is 16.1 Å². The van der Waals surface area contributed by atoms with E-state index in [9.17, 15) is 24.5 Å². The molecule has 1 unspecified atom stereocenters. The van der Waals surface area contributed by atoms with Crippen LogP contribution >= 0.6 is 0 Å². The van der Waals surface area contributed by atoms with Crippen molar-refractivity contribution in [3.8, 4) is 0 Å². The molecule has 2 aromatic rings. The van der Waals surface area contributed by atoms with E-state index in [1.807, 2.05) is 18.2 Å². The predicted molar refractivity (Wildman–Crippen MR) is 129 cm³/mol. The van der Waals surface area contributed by atoms with E-state index < -0.39 is 16.9 Å². The van der Waals surface area contributed by atoms with Crippen molar-refractivity contribution in [2.24, 2.45) is 5.41 Å². The molecule has 4 aliphatic rings. The molecule has 0 saturated carbocycles. The van der Waals surface area contributed by atoms with Gasteiger partial charge in [-0.25, -0.2) is 0 Å². The van der Waals surface area contributed by atoms with Crippen LogP contribution < -0.4 is 15.1 Å². The zero-order valence-electron chi connectivity index (χ0n) is 19.7. The summed E-state index contributed by atoms with van der Waals surface area (Å²) in [6.07, 6.45) is 4.22. The first-order chi connectivity index (χ1) is 17.3. The molecule has 6 rings (SSSR count). The Morgan fingerprint density at radius 3 is 2.44 bits per heavy atom. The number of fused-ring (bicyclic) bond motifs is 1. The molecule has 11 heteroatoms. The number of hydrogen-bond acceptors (Lipinski definition) is 8. The molecule has 3 fully saturated rings. The third kappa shape index (κ3) is 3.75. The summed E-state index contributed by atoms with van der Waals surface area (Å²) in [5.74, 6) is -0.977. The minimum Gasteiger partial charge on any atom is -0.370 e. The van der Waals surface area contributed by atoms with Crippen LogP contribution in [-0.4, -0.2) is 64.7 Å². The van der Waals surface area contributed by atoms with E-state index in [1.165, 1.54) is 6.07 Å². The lowest BCUT2D eigenvalue weighted by molar-refractivity contribution is -0.389. The number of benzene rings is 1. The number of nitrogens with one attached hydrogen (secondary N) is 1. The number of hydrogen-bond donors (Lipinski definition) is 1. The molecule has 4 aliphatic heterocycles. The van der Waals surface area contributed by atoms with Crippen LogP contribution in [0.4, 0.5) is 17.2 Å². The van der Waals surface area contributed by atoms with Crippen molar-refractivity contribution < 1.29 is 19.3 Å². The predicted octanol–water partition coefficient (Wildman–Crippen LogP) is 1.86. The first-order valence-electron chi connectivity index (χ1n) is 12.2. The number of anilines is 2. The zero-order chi connectivity index (χ0) is 25.0. The molecule has 0 radical (unpaired) electrons. The number of rotatable bonds is 4. The molecule has 1 N–H and O–H groups in total. The van der Waals surface area contributed by atoms with E-state index in [2.05, 4.69) is 20.1 Å². The SMILES string of the molecule is O=C1CCC(N2Cc3ccc(N4CC5(CCN(c6ccc([N+](=O)[O-])nc6)CC5)C4)cc3C2=O)C(=O)N1. The average Bonchev–Trinajstić information content (AvgIpc) is 3.18. The van der Waals surface area contributed by atoms with E-state index in [4.69, 9.17) is 0 Å². The summed E-state index contributed by atoms with van der Waals surface area (Å²) >= 11 is 0. The number of nitro groups is 1. The van der Waals surface area contributed by atoms with E-state index in [-0.39, 0.29) is 29.5 Å². The largest absolute Gasteiger partial charge is 0.370 e. The third-order valence-corrected chi connectivity index (χ3v) is 8.04. The lowest BCUT2D eigenvalue weighted by Crippen LogP contribution is -2.60. The number of amides is 3. The molecule has 1 spiro atoms. The standard InChI is InChI=1S/C25H26N6O5/c32-22-6-4-20(23(33)27-22)30-13-16-1-2-17(11-19(16)24(30)34)29-14-25(15-29)7-9-28(10-8-25)18-3-5-21(26-12-18)31(35)36/h1-3,5,11-12,20H,4,6-10,13-15H2,(H,27,32,33). The molecule has 36 heavy (non-hydrogen) atoms. The Bertz CT molecular complexity index is 1260. The van der Waals surface area contributed by atoms with Crippen LogP contribution in [0.3, 0.4) is 0 Å². The Labute approximate surface area is 207 Å². The normalized spacial score (nSPS) is 22.9. The maximum absolute atomic E-state index is 13.1. The first-order valence-corrected chi connectivity index (χ1v) is 12.2. The lowest BCUT2D eigenvalue weighted by atomic mass is 9.71. The van der Waals surface area contributed by atoms with Gasteiger partial charge in [-0.1, -0.05) is 6.07 Å². The van der Waals surface area contributed by atoms with Crippen LogP contribution in [0.15, 0.2) is 36.5 Å². The van der Waals surface area contributed by atoms with Crippen molar-refractivity contribution in [3.05, 3.63) is 57.8 Å². The second-order valence-corrected chi connectivity index (χ2v) is 10.2. The molecular weight excluding hydrogens is 464 g/mol. The number of carbonyl (C=O) groups excluding carboxylic acids is 3. The highest BCUT2D eigenvalue weighted by Crippen LogP contribution is 2.44. The van der Waals surface area contributed by atoms with Crippen molar-refractivity contribution in [2.45, 2.75) is 38.3 Å². The maximum Gasteiger partial charge on any atom is 0.363 e. The summed E-state index contributed by atoms with van der Waals surface area (Å²) in [5, 5.41) is 13.2. The van der Waals surface area contributed by atoms with Gasteiger partial charge in [0, 0.05) is 61.9 Å². The van der Waals surface area contributed by atoms with Gasteiger partial charge in [-0.15, -0.1) is 0 Å². The molecule has 0 aliphatic carbocycles. The van der Waals surface area contributed by atoms with Crippen LogP contribution in [0.2, 0.25) is 0 Å². The van der Waals surface area contributed by atoms with E-state index in [1.54, 1.807) is 17.2 Å². The highest BCUT2D eigenvalue weighted by molar-refractivity contribution is 6.05. The molecule has 0 bridgehead atoms.